The van der Waals surface area contributed by atoms with E-state index in [0.717, 1.165) is 28.7 Å². The number of hydrogen-bond acceptors (Lipinski definition) is 4. The Kier molecular flexibility index (Phi) is 5.80. The van der Waals surface area contributed by atoms with E-state index in [1.165, 1.54) is 0 Å². The van der Waals surface area contributed by atoms with Crippen molar-refractivity contribution in [2.45, 2.75) is 44.7 Å². The molecule has 2 N–H and O–H groups in total. The van der Waals surface area contributed by atoms with Gasteiger partial charge in [-0.2, -0.15) is 0 Å². The number of ether oxygens (including phenoxy) is 1. The van der Waals surface area contributed by atoms with Crippen LogP contribution in [-0.4, -0.2) is 53.2 Å². The Balaban J connectivity index is 1.25. The Morgan fingerprint density at radius 3 is 2.24 bits per heavy atom. The molecule has 178 valence electrons. The molecule has 6 rings (SSSR count). The van der Waals surface area contributed by atoms with E-state index in [1.54, 1.807) is 4.90 Å². The maximum absolute atomic E-state index is 13.3. The second-order valence-corrected chi connectivity index (χ2v) is 10.1. The number of rotatable bonds is 7. The van der Waals surface area contributed by atoms with Crippen molar-refractivity contribution in [3.8, 4) is 11.1 Å². The standard InChI is InChI=1S/C27H30N2O5/c1-15(2)11-22(25(30)29-13-16-12-23(29)24(16)26(31)32)28-27(33)34-14-21-19-9-5-3-7-17(19)18-8-4-6-10-20(18)21/h3-10,15-16,21-24H,11-14H2,1-2H3,(H,28,33)(H,31,32)/t16?,22-,23?,24?/m1/s1. The predicted molar refractivity (Wildman–Crippen MR) is 126 cm³/mol. The van der Waals surface area contributed by atoms with Gasteiger partial charge in [0, 0.05) is 18.5 Å². The van der Waals surface area contributed by atoms with Gasteiger partial charge in [0.15, 0.2) is 0 Å². The Labute approximate surface area is 199 Å². The minimum atomic E-state index is -0.846. The van der Waals surface area contributed by atoms with Gasteiger partial charge in [0.1, 0.15) is 12.6 Å². The third-order valence-electron chi connectivity index (χ3n) is 7.51. The molecule has 4 atom stereocenters. The van der Waals surface area contributed by atoms with Crippen LogP contribution in [-0.2, 0) is 14.3 Å². The normalized spacial score (nSPS) is 23.1. The quantitative estimate of drug-likeness (QED) is 0.651. The number of fused-ring (bicyclic) bond motifs is 4. The van der Waals surface area contributed by atoms with Gasteiger partial charge in [0.2, 0.25) is 5.91 Å². The van der Waals surface area contributed by atoms with Crippen molar-refractivity contribution < 1.29 is 24.2 Å². The summed E-state index contributed by atoms with van der Waals surface area (Å²) >= 11 is 0. The van der Waals surface area contributed by atoms with Crippen LogP contribution in [0, 0.1) is 17.8 Å². The molecule has 4 aliphatic rings. The zero-order valence-corrected chi connectivity index (χ0v) is 19.4. The van der Waals surface area contributed by atoms with Gasteiger partial charge in [0.25, 0.3) is 0 Å². The Morgan fingerprint density at radius 1 is 1.06 bits per heavy atom. The molecule has 3 fully saturated rings. The minimum absolute atomic E-state index is 0.0144. The molecule has 1 saturated carbocycles. The highest BCUT2D eigenvalue weighted by Gasteiger charge is 2.57. The van der Waals surface area contributed by atoms with E-state index >= 15 is 0 Å². The summed E-state index contributed by atoms with van der Waals surface area (Å²) in [5.74, 6) is -1.41. The highest BCUT2D eigenvalue weighted by atomic mass is 16.5. The molecule has 2 amide bonds. The van der Waals surface area contributed by atoms with Crippen LogP contribution in [0.3, 0.4) is 0 Å². The van der Waals surface area contributed by atoms with Crippen LogP contribution in [0.25, 0.3) is 11.1 Å². The second-order valence-electron chi connectivity index (χ2n) is 10.1. The van der Waals surface area contributed by atoms with Crippen LogP contribution in [0.2, 0.25) is 0 Å². The summed E-state index contributed by atoms with van der Waals surface area (Å²) in [6.45, 7) is 4.60. The van der Waals surface area contributed by atoms with Gasteiger partial charge in [-0.25, -0.2) is 4.79 Å². The highest BCUT2D eigenvalue weighted by molar-refractivity contribution is 5.88. The largest absolute Gasteiger partial charge is 0.481 e. The molecule has 2 saturated heterocycles. The number of aliphatic carboxylic acids is 1. The van der Waals surface area contributed by atoms with Crippen LogP contribution in [0.4, 0.5) is 4.79 Å². The fourth-order valence-electron chi connectivity index (χ4n) is 5.91. The Hall–Kier alpha value is -3.35. The Bertz CT molecular complexity index is 1080. The van der Waals surface area contributed by atoms with Crippen LogP contribution in [0.1, 0.15) is 43.7 Å². The van der Waals surface area contributed by atoms with E-state index in [1.807, 2.05) is 38.1 Å². The summed E-state index contributed by atoms with van der Waals surface area (Å²) in [6.07, 6.45) is 0.568. The maximum Gasteiger partial charge on any atom is 0.407 e. The van der Waals surface area contributed by atoms with E-state index in [2.05, 4.69) is 29.6 Å². The average molecular weight is 463 g/mol. The first-order chi connectivity index (χ1) is 16.3. The molecule has 7 heteroatoms. The van der Waals surface area contributed by atoms with E-state index in [-0.39, 0.29) is 36.3 Å². The van der Waals surface area contributed by atoms with E-state index in [0.29, 0.717) is 13.0 Å². The topological polar surface area (TPSA) is 95.9 Å². The van der Waals surface area contributed by atoms with Gasteiger partial charge >= 0.3 is 12.1 Å². The fourth-order valence-corrected chi connectivity index (χ4v) is 5.91. The molecule has 2 aromatic rings. The molecule has 7 nitrogen and oxygen atoms in total. The lowest BCUT2D eigenvalue weighted by Gasteiger charge is -2.34. The number of nitrogens with zero attached hydrogens (tertiary/aromatic N) is 1. The molecule has 0 spiro atoms. The van der Waals surface area contributed by atoms with E-state index in [9.17, 15) is 19.5 Å². The van der Waals surface area contributed by atoms with Crippen LogP contribution >= 0.6 is 0 Å². The number of hydrogen-bond donors (Lipinski definition) is 2. The Morgan fingerprint density at radius 2 is 1.68 bits per heavy atom. The number of amides is 2. The van der Waals surface area contributed by atoms with Gasteiger partial charge in [-0.3, -0.25) is 9.59 Å². The molecule has 0 radical (unpaired) electrons. The first-order valence-electron chi connectivity index (χ1n) is 12.0. The number of benzene rings is 2. The average Bonchev–Trinajstić information content (AvgIpc) is 3.47. The first-order valence-corrected chi connectivity index (χ1v) is 12.0. The fraction of sp³-hybridized carbons (Fsp3) is 0.444. The van der Waals surface area contributed by atoms with Gasteiger partial charge < -0.3 is 20.1 Å². The number of carbonyl (C=O) groups is 3. The molecule has 2 aliphatic carbocycles. The molecule has 3 unspecified atom stereocenters. The monoisotopic (exact) mass is 462 g/mol. The van der Waals surface area contributed by atoms with Crippen molar-refractivity contribution in [2.24, 2.45) is 17.8 Å². The molecule has 0 aromatic heterocycles. The molecule has 2 bridgehead atoms. The number of carbonyl (C=O) groups excluding carboxylic acids is 2. The molecular formula is C27H30N2O5. The van der Waals surface area contributed by atoms with Crippen molar-refractivity contribution in [1.29, 1.82) is 0 Å². The number of carboxylic acid groups (broad SMARTS) is 1. The smallest absolute Gasteiger partial charge is 0.407 e. The summed E-state index contributed by atoms with van der Waals surface area (Å²) in [5, 5.41) is 12.2. The third-order valence-corrected chi connectivity index (χ3v) is 7.51. The van der Waals surface area contributed by atoms with Crippen molar-refractivity contribution >= 4 is 18.0 Å². The van der Waals surface area contributed by atoms with Gasteiger partial charge in [-0.1, -0.05) is 62.4 Å². The van der Waals surface area contributed by atoms with Crippen LogP contribution < -0.4 is 5.32 Å². The predicted octanol–water partition coefficient (Wildman–Crippen LogP) is 3.87. The van der Waals surface area contributed by atoms with Gasteiger partial charge in [-0.05, 0) is 46.9 Å². The summed E-state index contributed by atoms with van der Waals surface area (Å²) in [6, 6.07) is 15.3. The zero-order valence-electron chi connectivity index (χ0n) is 19.4. The van der Waals surface area contributed by atoms with Crippen molar-refractivity contribution in [1.82, 2.24) is 10.2 Å². The molecule has 2 heterocycles. The van der Waals surface area contributed by atoms with Gasteiger partial charge in [0.05, 0.1) is 5.92 Å². The van der Waals surface area contributed by atoms with Crippen molar-refractivity contribution in [2.75, 3.05) is 13.2 Å². The van der Waals surface area contributed by atoms with E-state index in [4.69, 9.17) is 4.74 Å². The number of carboxylic acids is 1. The van der Waals surface area contributed by atoms with Crippen molar-refractivity contribution in [3.63, 3.8) is 0 Å². The van der Waals surface area contributed by atoms with Crippen LogP contribution in [0.15, 0.2) is 48.5 Å². The SMILES string of the molecule is CC(C)C[C@@H](NC(=O)OCC1c2ccccc2-c2ccccc21)C(=O)N1CC2CC1C2C(=O)O. The maximum atomic E-state index is 13.3. The van der Waals surface area contributed by atoms with Gasteiger partial charge in [-0.15, -0.1) is 0 Å². The molecule has 2 aromatic carbocycles. The lowest BCUT2D eigenvalue weighted by Crippen LogP contribution is -2.52. The summed E-state index contributed by atoms with van der Waals surface area (Å²) in [5.41, 5.74) is 4.56. The zero-order chi connectivity index (χ0) is 24.0. The first kappa shape index (κ1) is 22.4. The lowest BCUT2D eigenvalue weighted by atomic mass is 9.74. The number of nitrogens with one attached hydrogen (secondary N) is 1. The lowest BCUT2D eigenvalue weighted by molar-refractivity contribution is -0.148. The summed E-state index contributed by atoms with van der Waals surface area (Å²) < 4.78 is 5.65. The third kappa shape index (κ3) is 3.83. The highest BCUT2D eigenvalue weighted by Crippen LogP contribution is 2.47. The summed E-state index contributed by atoms with van der Waals surface area (Å²) in [4.78, 5) is 39.2. The van der Waals surface area contributed by atoms with Crippen LogP contribution in [0.5, 0.6) is 0 Å². The molecular weight excluding hydrogens is 432 g/mol. The summed E-state index contributed by atoms with van der Waals surface area (Å²) in [7, 11) is 0. The molecule has 2 aliphatic heterocycles. The van der Waals surface area contributed by atoms with Crippen molar-refractivity contribution in [3.05, 3.63) is 59.7 Å². The molecule has 34 heavy (non-hydrogen) atoms. The minimum Gasteiger partial charge on any atom is -0.481 e. The second kappa shape index (κ2) is 8.78. The number of alkyl carbamates (subject to hydrolysis) is 1. The van der Waals surface area contributed by atoms with E-state index < -0.39 is 24.0 Å².